The van der Waals surface area contributed by atoms with Crippen LogP contribution in [0.15, 0.2) is 47.3 Å². The first-order valence-electron chi connectivity index (χ1n) is 6.47. The lowest BCUT2D eigenvalue weighted by Gasteiger charge is -2.21. The molecule has 0 aliphatic carbocycles. The summed E-state index contributed by atoms with van der Waals surface area (Å²) < 4.78 is 5.25. The molecule has 6 heteroatoms. The van der Waals surface area contributed by atoms with E-state index in [1.807, 2.05) is 6.07 Å². The summed E-state index contributed by atoms with van der Waals surface area (Å²) in [5, 5.41) is 15.0. The highest BCUT2D eigenvalue weighted by atomic mass is 35.5. The van der Waals surface area contributed by atoms with E-state index < -0.39 is 5.60 Å². The van der Waals surface area contributed by atoms with Gasteiger partial charge in [0.1, 0.15) is 23.5 Å². The molecular formula is C15H14ClN3O2. The number of anilines is 1. The lowest BCUT2D eigenvalue weighted by Crippen LogP contribution is -2.30. The zero-order chi connectivity index (χ0) is 14.9. The van der Waals surface area contributed by atoms with Crippen molar-refractivity contribution in [1.82, 2.24) is 9.97 Å². The van der Waals surface area contributed by atoms with Crippen molar-refractivity contribution in [3.05, 3.63) is 53.7 Å². The summed E-state index contributed by atoms with van der Waals surface area (Å²) in [4.78, 5) is 8.39. The SMILES string of the molecule is CC(O)(CNc1ncnc2cc(Cl)ccc12)c1ccco1. The third kappa shape index (κ3) is 2.84. The number of rotatable bonds is 4. The second kappa shape index (κ2) is 5.35. The van der Waals surface area contributed by atoms with Crippen molar-refractivity contribution >= 4 is 28.3 Å². The summed E-state index contributed by atoms with van der Waals surface area (Å²) in [6.45, 7) is 1.94. The second-order valence-corrected chi connectivity index (χ2v) is 5.42. The van der Waals surface area contributed by atoms with E-state index in [1.54, 1.807) is 31.2 Å². The molecule has 0 saturated carbocycles. The number of nitrogens with zero attached hydrogens (tertiary/aromatic N) is 2. The molecule has 2 aromatic heterocycles. The molecule has 5 nitrogen and oxygen atoms in total. The van der Waals surface area contributed by atoms with E-state index >= 15 is 0 Å². The summed E-state index contributed by atoms with van der Waals surface area (Å²) in [6.07, 6.45) is 2.99. The fraction of sp³-hybridized carbons (Fsp3) is 0.200. The molecule has 2 N–H and O–H groups in total. The average Bonchev–Trinajstić information content (AvgIpc) is 2.99. The van der Waals surface area contributed by atoms with Crippen LogP contribution in [0, 0.1) is 0 Å². The van der Waals surface area contributed by atoms with Crippen molar-refractivity contribution in [2.24, 2.45) is 0 Å². The van der Waals surface area contributed by atoms with Gasteiger partial charge in [-0.15, -0.1) is 0 Å². The maximum absolute atomic E-state index is 10.4. The van der Waals surface area contributed by atoms with E-state index in [4.69, 9.17) is 16.0 Å². The van der Waals surface area contributed by atoms with Gasteiger partial charge >= 0.3 is 0 Å². The van der Waals surface area contributed by atoms with Gasteiger partial charge in [0.05, 0.1) is 18.3 Å². The minimum absolute atomic E-state index is 0.259. The molecule has 0 bridgehead atoms. The number of benzene rings is 1. The van der Waals surface area contributed by atoms with E-state index in [2.05, 4.69) is 15.3 Å². The summed E-state index contributed by atoms with van der Waals surface area (Å²) in [6, 6.07) is 8.88. The Bertz CT molecular complexity index is 757. The normalized spacial score (nSPS) is 14.0. The van der Waals surface area contributed by atoms with Crippen molar-refractivity contribution in [3.63, 3.8) is 0 Å². The third-order valence-corrected chi connectivity index (χ3v) is 3.49. The summed E-state index contributed by atoms with van der Waals surface area (Å²) in [7, 11) is 0. The molecule has 0 spiro atoms. The maximum atomic E-state index is 10.4. The predicted octanol–water partition coefficient (Wildman–Crippen LogP) is 3.20. The number of fused-ring (bicyclic) bond motifs is 1. The Balaban J connectivity index is 1.86. The molecule has 1 aromatic carbocycles. The lowest BCUT2D eigenvalue weighted by molar-refractivity contribution is 0.0476. The molecule has 108 valence electrons. The fourth-order valence-electron chi connectivity index (χ4n) is 2.10. The van der Waals surface area contributed by atoms with Crippen LogP contribution in [0.2, 0.25) is 5.02 Å². The quantitative estimate of drug-likeness (QED) is 0.774. The number of halogens is 1. The van der Waals surface area contributed by atoms with Gasteiger partial charge in [-0.3, -0.25) is 0 Å². The number of furan rings is 1. The fourth-order valence-corrected chi connectivity index (χ4v) is 2.27. The van der Waals surface area contributed by atoms with Crippen LogP contribution in [0.5, 0.6) is 0 Å². The summed E-state index contributed by atoms with van der Waals surface area (Å²) in [5.41, 5.74) is -0.384. The van der Waals surface area contributed by atoms with Gasteiger partial charge < -0.3 is 14.8 Å². The molecule has 3 rings (SSSR count). The topological polar surface area (TPSA) is 71.2 Å². The summed E-state index contributed by atoms with van der Waals surface area (Å²) in [5.74, 6) is 1.14. The minimum Gasteiger partial charge on any atom is -0.466 e. The van der Waals surface area contributed by atoms with Gasteiger partial charge in [-0.05, 0) is 37.3 Å². The van der Waals surface area contributed by atoms with Crippen molar-refractivity contribution in [2.45, 2.75) is 12.5 Å². The molecule has 3 aromatic rings. The van der Waals surface area contributed by atoms with E-state index in [9.17, 15) is 5.11 Å². The van der Waals surface area contributed by atoms with Crippen molar-refractivity contribution in [2.75, 3.05) is 11.9 Å². The molecule has 2 heterocycles. The van der Waals surface area contributed by atoms with Gasteiger partial charge in [0.2, 0.25) is 0 Å². The Kier molecular flexibility index (Phi) is 3.53. The second-order valence-electron chi connectivity index (χ2n) is 4.99. The average molecular weight is 304 g/mol. The highest BCUT2D eigenvalue weighted by Gasteiger charge is 2.26. The molecule has 0 aliphatic heterocycles. The Labute approximate surface area is 126 Å². The van der Waals surface area contributed by atoms with Crippen LogP contribution >= 0.6 is 11.6 Å². The Hall–Kier alpha value is -2.11. The number of aromatic nitrogens is 2. The molecule has 0 fully saturated rings. The van der Waals surface area contributed by atoms with Crippen molar-refractivity contribution < 1.29 is 9.52 Å². The molecule has 0 saturated heterocycles. The maximum Gasteiger partial charge on any atom is 0.137 e. The van der Waals surface area contributed by atoms with Gasteiger partial charge in [0, 0.05) is 10.4 Å². The molecule has 1 atom stereocenters. The predicted molar refractivity (Wildman–Crippen MR) is 81.3 cm³/mol. The van der Waals surface area contributed by atoms with Crippen LogP contribution in [0.3, 0.4) is 0 Å². The van der Waals surface area contributed by atoms with Gasteiger partial charge in [-0.25, -0.2) is 9.97 Å². The van der Waals surface area contributed by atoms with E-state index in [-0.39, 0.29) is 6.54 Å². The monoisotopic (exact) mass is 303 g/mol. The zero-order valence-corrected chi connectivity index (χ0v) is 12.1. The van der Waals surface area contributed by atoms with Crippen molar-refractivity contribution in [1.29, 1.82) is 0 Å². The first kappa shape index (κ1) is 13.9. The van der Waals surface area contributed by atoms with Crippen LogP contribution < -0.4 is 5.32 Å². The standard InChI is InChI=1S/C15H14ClN3O2/c1-15(20,13-3-2-6-21-13)8-17-14-11-5-4-10(16)7-12(11)18-9-19-14/h2-7,9,20H,8H2,1H3,(H,17,18,19). The number of nitrogens with one attached hydrogen (secondary N) is 1. The van der Waals surface area contributed by atoms with Crippen LogP contribution in [0.25, 0.3) is 10.9 Å². The van der Waals surface area contributed by atoms with Gasteiger partial charge in [-0.2, -0.15) is 0 Å². The van der Waals surface area contributed by atoms with Gasteiger partial charge in [0.15, 0.2) is 0 Å². The van der Waals surface area contributed by atoms with Crippen LogP contribution in [0.1, 0.15) is 12.7 Å². The zero-order valence-electron chi connectivity index (χ0n) is 11.4. The molecule has 0 aliphatic rings. The van der Waals surface area contributed by atoms with Crippen LogP contribution in [-0.2, 0) is 5.60 Å². The van der Waals surface area contributed by atoms with E-state index in [0.29, 0.717) is 16.6 Å². The molecule has 1 unspecified atom stereocenters. The highest BCUT2D eigenvalue weighted by molar-refractivity contribution is 6.31. The minimum atomic E-state index is -1.13. The molecule has 21 heavy (non-hydrogen) atoms. The first-order valence-corrected chi connectivity index (χ1v) is 6.84. The molecule has 0 amide bonds. The Morgan fingerprint density at radius 2 is 2.19 bits per heavy atom. The van der Waals surface area contributed by atoms with E-state index in [1.165, 1.54) is 12.6 Å². The molecular weight excluding hydrogens is 290 g/mol. The summed E-state index contributed by atoms with van der Waals surface area (Å²) >= 11 is 5.96. The number of aliphatic hydroxyl groups is 1. The number of hydrogen-bond acceptors (Lipinski definition) is 5. The van der Waals surface area contributed by atoms with Gasteiger partial charge in [-0.1, -0.05) is 11.6 Å². The van der Waals surface area contributed by atoms with E-state index in [0.717, 1.165) is 10.9 Å². The third-order valence-electron chi connectivity index (χ3n) is 3.25. The van der Waals surface area contributed by atoms with Gasteiger partial charge in [0.25, 0.3) is 0 Å². The smallest absolute Gasteiger partial charge is 0.137 e. The largest absolute Gasteiger partial charge is 0.466 e. The van der Waals surface area contributed by atoms with Crippen molar-refractivity contribution in [3.8, 4) is 0 Å². The first-order chi connectivity index (χ1) is 10.1. The Morgan fingerprint density at radius 3 is 2.95 bits per heavy atom. The molecule has 0 radical (unpaired) electrons. The Morgan fingerprint density at radius 1 is 1.33 bits per heavy atom. The van der Waals surface area contributed by atoms with Crippen LogP contribution in [0.4, 0.5) is 5.82 Å². The van der Waals surface area contributed by atoms with Crippen LogP contribution in [-0.4, -0.2) is 21.6 Å². The number of hydrogen-bond donors (Lipinski definition) is 2. The highest BCUT2D eigenvalue weighted by Crippen LogP contribution is 2.25. The lowest BCUT2D eigenvalue weighted by atomic mass is 10.0.